The van der Waals surface area contributed by atoms with Gasteiger partial charge in [0.05, 0.1) is 23.4 Å². The molecule has 43 heavy (non-hydrogen) atoms. The van der Waals surface area contributed by atoms with Crippen molar-refractivity contribution >= 4 is 11.5 Å². The first-order valence-electron chi connectivity index (χ1n) is 16.2. The molecule has 3 N–H and O–H groups in total. The molecule has 4 aliphatic heterocycles. The smallest absolute Gasteiger partial charge is 0.318 e. The topological polar surface area (TPSA) is 113 Å². The van der Waals surface area contributed by atoms with Crippen LogP contribution in [0.5, 0.6) is 6.01 Å². The first-order chi connectivity index (χ1) is 20.8. The van der Waals surface area contributed by atoms with Gasteiger partial charge in [-0.3, -0.25) is 4.90 Å². The van der Waals surface area contributed by atoms with Gasteiger partial charge in [-0.25, -0.2) is 4.39 Å². The Balaban J connectivity index is 1.27. The van der Waals surface area contributed by atoms with E-state index in [0.717, 1.165) is 92.8 Å². The van der Waals surface area contributed by atoms with Crippen molar-refractivity contribution in [1.82, 2.24) is 20.2 Å². The van der Waals surface area contributed by atoms with Crippen LogP contribution in [0.2, 0.25) is 0 Å². The van der Waals surface area contributed by atoms with E-state index >= 15 is 0 Å². The maximum Gasteiger partial charge on any atom is 0.318 e. The van der Waals surface area contributed by atoms with E-state index < -0.39 is 11.8 Å². The normalized spacial score (nSPS) is 32.1. The number of alkyl halides is 1. The molecule has 0 radical (unpaired) electrons. The lowest BCUT2D eigenvalue weighted by molar-refractivity contribution is -0.0873. The van der Waals surface area contributed by atoms with Gasteiger partial charge < -0.3 is 25.4 Å². The molecular weight excluding hydrogens is 545 g/mol. The number of ether oxygens (including phenoxy) is 2. The van der Waals surface area contributed by atoms with Gasteiger partial charge in [0.25, 0.3) is 0 Å². The molecule has 1 aromatic heterocycles. The second-order valence-electron chi connectivity index (χ2n) is 13.5. The zero-order valence-corrected chi connectivity index (χ0v) is 25.5. The van der Waals surface area contributed by atoms with E-state index in [4.69, 9.17) is 25.2 Å². The van der Waals surface area contributed by atoms with Gasteiger partial charge >= 0.3 is 6.01 Å². The number of nitrogen functional groups attached to an aromatic ring is 1. The van der Waals surface area contributed by atoms with Crippen molar-refractivity contribution in [2.24, 2.45) is 0 Å². The second-order valence-corrected chi connectivity index (χ2v) is 13.5. The lowest BCUT2D eigenvalue weighted by Gasteiger charge is -2.45. The third-order valence-electron chi connectivity index (χ3n) is 11.0. The maximum atomic E-state index is 14.5. The first-order valence-corrected chi connectivity index (χ1v) is 16.2. The highest BCUT2D eigenvalue weighted by atomic mass is 19.1. The van der Waals surface area contributed by atoms with Crippen molar-refractivity contribution in [1.29, 1.82) is 5.26 Å². The Morgan fingerprint density at radius 3 is 2.91 bits per heavy atom. The van der Waals surface area contributed by atoms with Gasteiger partial charge in [-0.2, -0.15) is 15.2 Å². The Labute approximate surface area is 253 Å². The molecule has 1 unspecified atom stereocenters. The predicted octanol–water partition coefficient (Wildman–Crippen LogP) is 4.33. The molecule has 5 heterocycles. The van der Waals surface area contributed by atoms with Gasteiger partial charge in [0.15, 0.2) is 0 Å². The van der Waals surface area contributed by atoms with Gasteiger partial charge in [-0.05, 0) is 76.1 Å². The Morgan fingerprint density at radius 2 is 2.07 bits per heavy atom. The molecule has 2 aromatic rings. The summed E-state index contributed by atoms with van der Waals surface area (Å²) < 4.78 is 27.8. The monoisotopic (exact) mass is 589 g/mol. The standard InChI is InChI=1S/C33H44FN7O2/c1-21-8-11-33(29-24(21)6-7-27(36)25(29)17-35)16-28-26(19-43-33)30(40-12-3-5-23(37-2)9-14-40)39-31(38-28)42-20-32-10-4-13-41(32)18-22(34)15-32/h6-7,21-23,37H,3-5,8-16,18-20,36H2,1-2H3/t21-,22+,23+,32-,33?/m0/s1. The predicted molar refractivity (Wildman–Crippen MR) is 163 cm³/mol. The van der Waals surface area contributed by atoms with E-state index in [-0.39, 0.29) is 5.54 Å². The van der Waals surface area contributed by atoms with E-state index in [0.29, 0.717) is 61.8 Å². The van der Waals surface area contributed by atoms with E-state index in [2.05, 4.69) is 34.2 Å². The number of anilines is 2. The van der Waals surface area contributed by atoms with Crippen LogP contribution in [-0.4, -0.2) is 72.5 Å². The number of halogens is 1. The number of nitriles is 1. The highest BCUT2D eigenvalue weighted by Gasteiger charge is 2.50. The number of nitrogens with one attached hydrogen (secondary N) is 1. The summed E-state index contributed by atoms with van der Waals surface area (Å²) in [4.78, 5) is 14.7. The zero-order valence-electron chi connectivity index (χ0n) is 25.5. The summed E-state index contributed by atoms with van der Waals surface area (Å²) in [5.74, 6) is 1.20. The second kappa shape index (κ2) is 11.2. The minimum Gasteiger partial charge on any atom is -0.461 e. The molecule has 1 spiro atoms. The summed E-state index contributed by atoms with van der Waals surface area (Å²) in [6, 6.07) is 7.16. The number of nitrogens with zero attached hydrogens (tertiary/aromatic N) is 5. The third kappa shape index (κ3) is 4.94. The van der Waals surface area contributed by atoms with Gasteiger partial charge in [-0.15, -0.1) is 0 Å². The van der Waals surface area contributed by atoms with Gasteiger partial charge in [0.2, 0.25) is 0 Å². The van der Waals surface area contributed by atoms with Gasteiger partial charge in [0, 0.05) is 55.3 Å². The number of nitrogens with two attached hydrogens (primary N) is 1. The van der Waals surface area contributed by atoms with Crippen LogP contribution in [0.25, 0.3) is 0 Å². The third-order valence-corrected chi connectivity index (χ3v) is 11.0. The molecule has 9 nitrogen and oxygen atoms in total. The fourth-order valence-corrected chi connectivity index (χ4v) is 8.60. The van der Waals surface area contributed by atoms with Crippen molar-refractivity contribution in [2.45, 2.75) is 101 Å². The Kier molecular flexibility index (Phi) is 7.47. The summed E-state index contributed by atoms with van der Waals surface area (Å²) in [6.45, 7) is 6.17. The molecule has 0 bridgehead atoms. The van der Waals surface area contributed by atoms with Crippen LogP contribution in [0.4, 0.5) is 15.9 Å². The van der Waals surface area contributed by atoms with E-state index in [1.165, 1.54) is 0 Å². The lowest BCUT2D eigenvalue weighted by Crippen LogP contribution is -2.44. The molecule has 1 aromatic carbocycles. The van der Waals surface area contributed by atoms with Crippen molar-refractivity contribution in [3.05, 3.63) is 40.1 Å². The number of fused-ring (bicyclic) bond motifs is 4. The number of benzene rings is 1. The molecule has 5 aliphatic rings. The minimum atomic E-state index is -0.811. The lowest BCUT2D eigenvalue weighted by atomic mass is 9.69. The van der Waals surface area contributed by atoms with Crippen LogP contribution in [0.3, 0.4) is 0 Å². The van der Waals surface area contributed by atoms with E-state index in [9.17, 15) is 9.65 Å². The fraction of sp³-hybridized carbons (Fsp3) is 0.667. The van der Waals surface area contributed by atoms with Crippen molar-refractivity contribution in [2.75, 3.05) is 50.5 Å². The Hall–Kier alpha value is -3.00. The average molecular weight is 590 g/mol. The van der Waals surface area contributed by atoms with E-state index in [1.54, 1.807) is 0 Å². The summed E-state index contributed by atoms with van der Waals surface area (Å²) in [7, 11) is 2.04. The van der Waals surface area contributed by atoms with Crippen LogP contribution in [-0.2, 0) is 23.4 Å². The molecule has 10 heteroatoms. The minimum absolute atomic E-state index is 0.274. The summed E-state index contributed by atoms with van der Waals surface area (Å²) in [5, 5.41) is 13.6. The molecule has 0 saturated carbocycles. The Bertz CT molecular complexity index is 1430. The summed E-state index contributed by atoms with van der Waals surface area (Å²) >= 11 is 0. The summed E-state index contributed by atoms with van der Waals surface area (Å²) in [6.07, 6.45) is 7.20. The highest BCUT2D eigenvalue weighted by Crippen LogP contribution is 2.51. The van der Waals surface area contributed by atoms with Crippen molar-refractivity contribution in [3.8, 4) is 12.1 Å². The van der Waals surface area contributed by atoms with Gasteiger partial charge in [0.1, 0.15) is 30.3 Å². The molecular formula is C33H44FN7O2. The van der Waals surface area contributed by atoms with Gasteiger partial charge in [-0.1, -0.05) is 13.0 Å². The van der Waals surface area contributed by atoms with Crippen LogP contribution < -0.4 is 20.7 Å². The molecule has 0 amide bonds. The number of aromatic nitrogens is 2. The molecule has 7 rings (SSSR count). The fourth-order valence-electron chi connectivity index (χ4n) is 8.60. The molecule has 3 saturated heterocycles. The molecule has 230 valence electrons. The molecule has 5 atom stereocenters. The van der Waals surface area contributed by atoms with Crippen LogP contribution in [0, 0.1) is 11.3 Å². The van der Waals surface area contributed by atoms with Crippen molar-refractivity contribution < 1.29 is 13.9 Å². The number of rotatable bonds is 5. The number of hydrogen-bond acceptors (Lipinski definition) is 9. The Morgan fingerprint density at radius 1 is 1.19 bits per heavy atom. The summed E-state index contributed by atoms with van der Waals surface area (Å²) in [5.41, 5.74) is 10.4. The quantitative estimate of drug-likeness (QED) is 0.492. The van der Waals surface area contributed by atoms with E-state index in [1.807, 2.05) is 13.1 Å². The zero-order chi connectivity index (χ0) is 29.8. The maximum absolute atomic E-state index is 14.5. The molecule has 1 aliphatic carbocycles. The van der Waals surface area contributed by atoms with Crippen LogP contribution >= 0.6 is 0 Å². The van der Waals surface area contributed by atoms with Crippen LogP contribution in [0.15, 0.2) is 12.1 Å². The number of hydrogen-bond donors (Lipinski definition) is 2. The SMILES string of the molecule is CN[C@@H]1CCCN(c2nc(OC[C@@]34CCCN3C[C@H](F)C4)nc3c2COC2(CC[C@H](C)c4ccc(N)c(C#N)c42)C3)CC1. The average Bonchev–Trinajstić information content (AvgIpc) is 3.42. The van der Waals surface area contributed by atoms with Crippen molar-refractivity contribution in [3.63, 3.8) is 0 Å². The highest BCUT2D eigenvalue weighted by molar-refractivity contribution is 5.64. The first kappa shape index (κ1) is 28.8. The van der Waals surface area contributed by atoms with Crippen LogP contribution in [0.1, 0.15) is 92.2 Å². The molecule has 3 fully saturated rings. The largest absolute Gasteiger partial charge is 0.461 e.